The van der Waals surface area contributed by atoms with E-state index < -0.39 is 11.7 Å². The highest BCUT2D eigenvalue weighted by molar-refractivity contribution is 5.98. The largest absolute Gasteiger partial charge is 0.329 e. The Hall–Kier alpha value is -1.26. The maximum absolute atomic E-state index is 12.6. The zero-order valence-electron chi connectivity index (χ0n) is 7.42. The summed E-state index contributed by atoms with van der Waals surface area (Å²) in [7, 11) is 0. The molecule has 1 heterocycles. The number of carbonyl (C=O) groups is 1. The van der Waals surface area contributed by atoms with Gasteiger partial charge in [-0.25, -0.2) is 4.98 Å². The Morgan fingerprint density at radius 2 is 2.31 bits per heavy atom. The maximum Gasteiger partial charge on any atom is 0.310 e. The van der Waals surface area contributed by atoms with Crippen LogP contribution in [0.5, 0.6) is 0 Å². The molecule has 0 spiro atoms. The number of ketones is 1. The first-order chi connectivity index (χ1) is 5.96. The number of halogens is 2. The average molecular weight is 188 g/mol. The SMILES string of the molecule is CCn1ccnc1C(=O)C(C)(F)F. The molecule has 0 N–H and O–H groups in total. The lowest BCUT2D eigenvalue weighted by Gasteiger charge is -2.08. The summed E-state index contributed by atoms with van der Waals surface area (Å²) in [6, 6.07) is 0. The highest BCUT2D eigenvalue weighted by Gasteiger charge is 2.35. The summed E-state index contributed by atoms with van der Waals surface area (Å²) < 4.78 is 26.6. The molecular weight excluding hydrogens is 178 g/mol. The molecule has 0 saturated heterocycles. The van der Waals surface area contributed by atoms with Crippen LogP contribution in [0.25, 0.3) is 0 Å². The molecule has 72 valence electrons. The van der Waals surface area contributed by atoms with E-state index >= 15 is 0 Å². The first-order valence-corrected chi connectivity index (χ1v) is 3.90. The zero-order valence-corrected chi connectivity index (χ0v) is 7.42. The topological polar surface area (TPSA) is 34.9 Å². The molecule has 0 fully saturated rings. The second kappa shape index (κ2) is 3.24. The molecule has 3 nitrogen and oxygen atoms in total. The number of alkyl halides is 2. The molecule has 1 rings (SSSR count). The fourth-order valence-electron chi connectivity index (χ4n) is 0.970. The van der Waals surface area contributed by atoms with Gasteiger partial charge in [0.15, 0.2) is 5.82 Å². The first-order valence-electron chi connectivity index (χ1n) is 3.90. The number of Topliss-reactive ketones (excluding diaryl/α,β-unsaturated/α-hetero) is 1. The Morgan fingerprint density at radius 1 is 1.69 bits per heavy atom. The van der Waals surface area contributed by atoms with Gasteiger partial charge in [-0.1, -0.05) is 0 Å². The number of carbonyl (C=O) groups excluding carboxylic acids is 1. The summed E-state index contributed by atoms with van der Waals surface area (Å²) in [5.41, 5.74) is 0. The molecule has 0 unspecified atom stereocenters. The van der Waals surface area contributed by atoms with E-state index in [4.69, 9.17) is 0 Å². The van der Waals surface area contributed by atoms with Crippen LogP contribution in [0.1, 0.15) is 24.5 Å². The van der Waals surface area contributed by atoms with Crippen LogP contribution in [0.15, 0.2) is 12.4 Å². The lowest BCUT2D eigenvalue weighted by molar-refractivity contribution is 0.0206. The number of hydrogen-bond donors (Lipinski definition) is 0. The van der Waals surface area contributed by atoms with Crippen molar-refractivity contribution in [3.05, 3.63) is 18.2 Å². The van der Waals surface area contributed by atoms with Crippen LogP contribution in [0, 0.1) is 0 Å². The number of rotatable bonds is 3. The Morgan fingerprint density at radius 3 is 2.77 bits per heavy atom. The Kier molecular flexibility index (Phi) is 2.45. The summed E-state index contributed by atoms with van der Waals surface area (Å²) in [4.78, 5) is 14.7. The number of aromatic nitrogens is 2. The van der Waals surface area contributed by atoms with Crippen LogP contribution >= 0.6 is 0 Å². The van der Waals surface area contributed by atoms with E-state index in [1.165, 1.54) is 17.0 Å². The van der Waals surface area contributed by atoms with Crippen LogP contribution in [-0.2, 0) is 6.54 Å². The standard InChI is InChI=1S/C8H10F2N2O/c1-3-12-5-4-11-7(12)6(13)8(2,9)10/h4-5H,3H2,1-2H3. The van der Waals surface area contributed by atoms with Gasteiger partial charge in [-0.15, -0.1) is 0 Å². The van der Waals surface area contributed by atoms with Gasteiger partial charge in [0.1, 0.15) is 0 Å². The molecular formula is C8H10F2N2O. The molecule has 0 aliphatic rings. The minimum Gasteiger partial charge on any atom is -0.329 e. The molecule has 1 aromatic rings. The molecule has 0 aliphatic carbocycles. The van der Waals surface area contributed by atoms with Crippen molar-refractivity contribution in [2.24, 2.45) is 0 Å². The van der Waals surface area contributed by atoms with Crippen LogP contribution < -0.4 is 0 Å². The summed E-state index contributed by atoms with van der Waals surface area (Å²) in [5.74, 6) is -4.77. The predicted octanol–water partition coefficient (Wildman–Crippen LogP) is 1.74. The number of nitrogens with zero attached hydrogens (tertiary/aromatic N) is 2. The van der Waals surface area contributed by atoms with Crippen molar-refractivity contribution >= 4 is 5.78 Å². The van der Waals surface area contributed by atoms with Crippen LogP contribution in [-0.4, -0.2) is 21.3 Å². The Labute approximate surface area is 74.4 Å². The van der Waals surface area contributed by atoms with Gasteiger partial charge in [-0.3, -0.25) is 4.79 Å². The molecule has 0 radical (unpaired) electrons. The molecule has 0 bridgehead atoms. The van der Waals surface area contributed by atoms with Crippen molar-refractivity contribution in [3.8, 4) is 0 Å². The Balaban J connectivity index is 3.02. The lowest BCUT2D eigenvalue weighted by Crippen LogP contribution is -2.27. The van der Waals surface area contributed by atoms with E-state index in [0.29, 0.717) is 13.5 Å². The van der Waals surface area contributed by atoms with E-state index in [-0.39, 0.29) is 5.82 Å². The second-order valence-electron chi connectivity index (χ2n) is 2.75. The minimum atomic E-state index is -3.35. The highest BCUT2D eigenvalue weighted by Crippen LogP contribution is 2.17. The molecule has 0 aliphatic heterocycles. The van der Waals surface area contributed by atoms with Gasteiger partial charge in [0.05, 0.1) is 0 Å². The van der Waals surface area contributed by atoms with Gasteiger partial charge in [-0.05, 0) is 6.92 Å². The smallest absolute Gasteiger partial charge is 0.310 e. The summed E-state index contributed by atoms with van der Waals surface area (Å²) in [5, 5.41) is 0. The van der Waals surface area contributed by atoms with Crippen LogP contribution in [0.4, 0.5) is 8.78 Å². The summed E-state index contributed by atoms with van der Waals surface area (Å²) >= 11 is 0. The van der Waals surface area contributed by atoms with Crippen molar-refractivity contribution in [1.82, 2.24) is 9.55 Å². The van der Waals surface area contributed by atoms with Gasteiger partial charge in [0.2, 0.25) is 0 Å². The van der Waals surface area contributed by atoms with E-state index in [1.807, 2.05) is 0 Å². The van der Waals surface area contributed by atoms with E-state index in [0.717, 1.165) is 0 Å². The van der Waals surface area contributed by atoms with E-state index in [1.54, 1.807) is 6.92 Å². The van der Waals surface area contributed by atoms with Crippen molar-refractivity contribution in [2.45, 2.75) is 26.3 Å². The summed E-state index contributed by atoms with van der Waals surface area (Å²) in [6.45, 7) is 2.79. The lowest BCUT2D eigenvalue weighted by atomic mass is 10.2. The van der Waals surface area contributed by atoms with E-state index in [9.17, 15) is 13.6 Å². The minimum absolute atomic E-state index is 0.185. The van der Waals surface area contributed by atoms with Crippen molar-refractivity contribution in [2.75, 3.05) is 0 Å². The monoisotopic (exact) mass is 188 g/mol. The molecule has 0 saturated carbocycles. The quantitative estimate of drug-likeness (QED) is 0.677. The zero-order chi connectivity index (χ0) is 10.1. The second-order valence-corrected chi connectivity index (χ2v) is 2.75. The third-order valence-electron chi connectivity index (χ3n) is 1.66. The van der Waals surface area contributed by atoms with Crippen molar-refractivity contribution in [3.63, 3.8) is 0 Å². The molecule has 5 heteroatoms. The van der Waals surface area contributed by atoms with Gasteiger partial charge >= 0.3 is 5.92 Å². The fraction of sp³-hybridized carbons (Fsp3) is 0.500. The highest BCUT2D eigenvalue weighted by atomic mass is 19.3. The number of aryl methyl sites for hydroxylation is 1. The van der Waals surface area contributed by atoms with Crippen molar-refractivity contribution in [1.29, 1.82) is 0 Å². The third-order valence-corrected chi connectivity index (χ3v) is 1.66. The Bertz CT molecular complexity index is 314. The molecule has 1 aromatic heterocycles. The third kappa shape index (κ3) is 1.91. The summed E-state index contributed by atoms with van der Waals surface area (Å²) in [6.07, 6.45) is 2.83. The van der Waals surface area contributed by atoms with Gasteiger partial charge < -0.3 is 4.57 Å². The van der Waals surface area contributed by atoms with Crippen LogP contribution in [0.2, 0.25) is 0 Å². The average Bonchev–Trinajstić information content (AvgIpc) is 2.48. The van der Waals surface area contributed by atoms with Crippen molar-refractivity contribution < 1.29 is 13.6 Å². The number of hydrogen-bond acceptors (Lipinski definition) is 2. The molecule has 0 aromatic carbocycles. The van der Waals surface area contributed by atoms with E-state index in [2.05, 4.69) is 4.98 Å². The first kappa shape index (κ1) is 9.83. The van der Waals surface area contributed by atoms with Gasteiger partial charge in [0, 0.05) is 25.9 Å². The normalized spacial score (nSPS) is 11.7. The molecule has 0 amide bonds. The van der Waals surface area contributed by atoms with Gasteiger partial charge in [0.25, 0.3) is 5.78 Å². The molecule has 0 atom stereocenters. The van der Waals surface area contributed by atoms with Crippen LogP contribution in [0.3, 0.4) is 0 Å². The maximum atomic E-state index is 12.6. The number of imidazole rings is 1. The van der Waals surface area contributed by atoms with Gasteiger partial charge in [-0.2, -0.15) is 8.78 Å². The predicted molar refractivity (Wildman–Crippen MR) is 42.9 cm³/mol. The molecule has 13 heavy (non-hydrogen) atoms. The fourth-order valence-corrected chi connectivity index (χ4v) is 0.970.